The Morgan fingerprint density at radius 1 is 1.35 bits per heavy atom. The number of nitrogens with zero attached hydrogens (tertiary/aromatic N) is 1. The quantitative estimate of drug-likeness (QED) is 0.894. The van der Waals surface area contributed by atoms with Gasteiger partial charge in [0.2, 0.25) is 0 Å². The van der Waals surface area contributed by atoms with Crippen LogP contribution < -0.4 is 11.1 Å². The molecule has 2 rings (SSSR count). The summed E-state index contributed by atoms with van der Waals surface area (Å²) in [4.78, 5) is 11.9. The van der Waals surface area contributed by atoms with Crippen LogP contribution in [0.4, 0.5) is 11.4 Å². The molecule has 0 bridgehead atoms. The summed E-state index contributed by atoms with van der Waals surface area (Å²) in [6.07, 6.45) is 1.70. The Morgan fingerprint density at radius 3 is 2.53 bits per heavy atom. The van der Waals surface area contributed by atoms with Crippen molar-refractivity contribution in [3.8, 4) is 0 Å². The Labute approximate surface area is 108 Å². The number of hydrogen-bond donors (Lipinski definition) is 2. The van der Waals surface area contributed by atoms with Gasteiger partial charge in [-0.3, -0.25) is 4.79 Å². The summed E-state index contributed by atoms with van der Waals surface area (Å²) in [5.74, 6) is -0.175. The Morgan fingerprint density at radius 2 is 2.00 bits per heavy atom. The van der Waals surface area contributed by atoms with Crippen molar-refractivity contribution >= 4 is 33.2 Å². The summed E-state index contributed by atoms with van der Waals surface area (Å²) >= 11 is 3.34. The zero-order chi connectivity index (χ0) is 12.4. The highest BCUT2D eigenvalue weighted by Crippen LogP contribution is 2.16. The van der Waals surface area contributed by atoms with Crippen LogP contribution in [0.5, 0.6) is 0 Å². The third kappa shape index (κ3) is 2.68. The van der Waals surface area contributed by atoms with Gasteiger partial charge >= 0.3 is 0 Å². The van der Waals surface area contributed by atoms with Crippen LogP contribution in [-0.4, -0.2) is 10.5 Å². The first-order valence-electron chi connectivity index (χ1n) is 5.05. The van der Waals surface area contributed by atoms with Gasteiger partial charge in [0, 0.05) is 23.4 Å². The number of amides is 1. The molecular formula is C12H12BrN3O. The van der Waals surface area contributed by atoms with E-state index in [0.29, 0.717) is 11.4 Å². The highest BCUT2D eigenvalue weighted by Gasteiger charge is 2.10. The molecule has 1 amide bonds. The maximum atomic E-state index is 11.9. The molecule has 0 radical (unpaired) electrons. The van der Waals surface area contributed by atoms with E-state index in [0.717, 1.165) is 10.2 Å². The number of aromatic nitrogens is 1. The number of nitrogens with one attached hydrogen (secondary N) is 1. The number of aryl methyl sites for hydroxylation is 1. The van der Waals surface area contributed by atoms with E-state index >= 15 is 0 Å². The minimum Gasteiger partial charge on any atom is -0.397 e. The van der Waals surface area contributed by atoms with Crippen molar-refractivity contribution in [2.24, 2.45) is 7.05 Å². The summed E-state index contributed by atoms with van der Waals surface area (Å²) in [7, 11) is 1.78. The van der Waals surface area contributed by atoms with Crippen LogP contribution in [0.2, 0.25) is 0 Å². The zero-order valence-corrected chi connectivity index (χ0v) is 10.9. The van der Waals surface area contributed by atoms with E-state index in [9.17, 15) is 4.79 Å². The van der Waals surface area contributed by atoms with Crippen molar-refractivity contribution < 1.29 is 4.79 Å². The average molecular weight is 294 g/mol. The number of nitrogen functional groups attached to an aromatic ring is 1. The van der Waals surface area contributed by atoms with Gasteiger partial charge in [-0.15, -0.1) is 0 Å². The molecule has 2 aromatic rings. The minimum absolute atomic E-state index is 0.175. The molecule has 5 heteroatoms. The summed E-state index contributed by atoms with van der Waals surface area (Å²) in [6.45, 7) is 0. The van der Waals surface area contributed by atoms with Crippen molar-refractivity contribution in [2.75, 3.05) is 11.1 Å². The van der Waals surface area contributed by atoms with Crippen molar-refractivity contribution in [2.45, 2.75) is 0 Å². The molecule has 0 saturated carbocycles. The summed E-state index contributed by atoms with van der Waals surface area (Å²) in [5, 5.41) is 2.80. The molecule has 0 spiro atoms. The maximum absolute atomic E-state index is 11.9. The highest BCUT2D eigenvalue weighted by molar-refractivity contribution is 9.10. The second kappa shape index (κ2) is 4.63. The fraction of sp³-hybridized carbons (Fsp3) is 0.0833. The molecule has 0 unspecified atom stereocenters. The number of halogens is 1. The van der Waals surface area contributed by atoms with E-state index in [1.54, 1.807) is 23.9 Å². The number of benzene rings is 1. The maximum Gasteiger partial charge on any atom is 0.272 e. The van der Waals surface area contributed by atoms with Gasteiger partial charge < -0.3 is 15.6 Å². The fourth-order valence-electron chi connectivity index (χ4n) is 1.54. The number of carbonyl (C=O) groups excluding carboxylic acids is 1. The molecule has 0 aliphatic carbocycles. The normalized spacial score (nSPS) is 10.2. The average Bonchev–Trinajstić information content (AvgIpc) is 2.61. The number of nitrogens with two attached hydrogens (primary N) is 1. The molecule has 0 aliphatic rings. The first kappa shape index (κ1) is 11.7. The first-order chi connectivity index (χ1) is 8.06. The smallest absolute Gasteiger partial charge is 0.272 e. The molecule has 0 fully saturated rings. The van der Waals surface area contributed by atoms with Crippen LogP contribution >= 0.6 is 15.9 Å². The molecular weight excluding hydrogens is 282 g/mol. The highest BCUT2D eigenvalue weighted by atomic mass is 79.9. The molecule has 17 heavy (non-hydrogen) atoms. The van der Waals surface area contributed by atoms with Gasteiger partial charge in [-0.2, -0.15) is 0 Å². The lowest BCUT2D eigenvalue weighted by molar-refractivity contribution is 0.101. The van der Waals surface area contributed by atoms with Gasteiger partial charge in [-0.25, -0.2) is 0 Å². The molecule has 0 aliphatic heterocycles. The van der Waals surface area contributed by atoms with E-state index < -0.39 is 0 Å². The number of anilines is 2. The second-order valence-electron chi connectivity index (χ2n) is 3.73. The predicted molar refractivity (Wildman–Crippen MR) is 71.9 cm³/mol. The van der Waals surface area contributed by atoms with E-state index in [2.05, 4.69) is 21.2 Å². The molecule has 4 nitrogen and oxygen atoms in total. The lowest BCUT2D eigenvalue weighted by Gasteiger charge is -2.05. The van der Waals surface area contributed by atoms with Crippen molar-refractivity contribution in [1.29, 1.82) is 0 Å². The third-order valence-electron chi connectivity index (χ3n) is 2.36. The zero-order valence-electron chi connectivity index (χ0n) is 9.27. The minimum atomic E-state index is -0.175. The van der Waals surface area contributed by atoms with Gasteiger partial charge in [0.25, 0.3) is 5.91 Å². The molecule has 0 atom stereocenters. The van der Waals surface area contributed by atoms with Crippen LogP contribution in [-0.2, 0) is 7.05 Å². The standard InChI is InChI=1S/C12H12BrN3O/c1-16-7-9(14)6-11(16)12(17)15-10-4-2-8(13)3-5-10/h2-7H,14H2,1H3,(H,15,17). The predicted octanol–water partition coefficient (Wildman–Crippen LogP) is 2.62. The van der Waals surface area contributed by atoms with Crippen LogP contribution in [0.1, 0.15) is 10.5 Å². The Kier molecular flexibility index (Phi) is 3.19. The van der Waals surface area contributed by atoms with Gasteiger partial charge in [0.1, 0.15) is 5.69 Å². The lowest BCUT2D eigenvalue weighted by atomic mass is 10.3. The molecule has 1 heterocycles. The summed E-state index contributed by atoms with van der Waals surface area (Å²) in [5.41, 5.74) is 7.48. The van der Waals surface area contributed by atoms with Crippen LogP contribution in [0, 0.1) is 0 Å². The third-order valence-corrected chi connectivity index (χ3v) is 2.89. The SMILES string of the molecule is Cn1cc(N)cc1C(=O)Nc1ccc(Br)cc1. The second-order valence-corrected chi connectivity index (χ2v) is 4.65. The lowest BCUT2D eigenvalue weighted by Crippen LogP contribution is -2.15. The first-order valence-corrected chi connectivity index (χ1v) is 5.84. The van der Waals surface area contributed by atoms with Gasteiger partial charge in [-0.05, 0) is 30.3 Å². The van der Waals surface area contributed by atoms with Crippen LogP contribution in [0.3, 0.4) is 0 Å². The van der Waals surface area contributed by atoms with E-state index in [4.69, 9.17) is 5.73 Å². The Hall–Kier alpha value is -1.75. The van der Waals surface area contributed by atoms with Crippen molar-refractivity contribution in [1.82, 2.24) is 4.57 Å². The summed E-state index contributed by atoms with van der Waals surface area (Å²) < 4.78 is 2.67. The number of carbonyl (C=O) groups is 1. The van der Waals surface area contributed by atoms with Gasteiger partial charge in [-0.1, -0.05) is 15.9 Å². The van der Waals surface area contributed by atoms with Crippen LogP contribution in [0.15, 0.2) is 41.0 Å². The van der Waals surface area contributed by atoms with Crippen molar-refractivity contribution in [3.05, 3.63) is 46.7 Å². The van der Waals surface area contributed by atoms with Crippen molar-refractivity contribution in [3.63, 3.8) is 0 Å². The Balaban J connectivity index is 2.17. The molecule has 88 valence electrons. The Bertz CT molecular complexity index is 545. The molecule has 0 saturated heterocycles. The topological polar surface area (TPSA) is 60.0 Å². The van der Waals surface area contributed by atoms with Gasteiger partial charge in [0.05, 0.1) is 5.69 Å². The molecule has 1 aromatic carbocycles. The number of rotatable bonds is 2. The van der Waals surface area contributed by atoms with Crippen LogP contribution in [0.25, 0.3) is 0 Å². The van der Waals surface area contributed by atoms with Gasteiger partial charge in [0.15, 0.2) is 0 Å². The monoisotopic (exact) mass is 293 g/mol. The van der Waals surface area contributed by atoms with E-state index in [1.165, 1.54) is 0 Å². The molecule has 3 N–H and O–H groups in total. The number of hydrogen-bond acceptors (Lipinski definition) is 2. The fourth-order valence-corrected chi connectivity index (χ4v) is 1.81. The largest absolute Gasteiger partial charge is 0.397 e. The molecule has 1 aromatic heterocycles. The summed E-state index contributed by atoms with van der Waals surface area (Å²) in [6, 6.07) is 9.04. The van der Waals surface area contributed by atoms with E-state index in [-0.39, 0.29) is 5.91 Å². The van der Waals surface area contributed by atoms with E-state index in [1.807, 2.05) is 24.3 Å².